The SMILES string of the molecule is Pc1ccc2cc(C3CCCCC3)cc(-c3cccc4ccccc34)c2n1. The molecule has 1 nitrogen and oxygen atoms in total. The molecule has 1 aliphatic carbocycles. The number of rotatable bonds is 2. The van der Waals surface area contributed by atoms with Crippen molar-refractivity contribution in [2.24, 2.45) is 0 Å². The quantitative estimate of drug-likeness (QED) is 0.363. The van der Waals surface area contributed by atoms with Crippen molar-refractivity contribution in [3.8, 4) is 11.1 Å². The van der Waals surface area contributed by atoms with Crippen molar-refractivity contribution >= 4 is 36.4 Å². The van der Waals surface area contributed by atoms with Gasteiger partial charge in [0, 0.05) is 10.9 Å². The first-order valence-electron chi connectivity index (χ1n) is 9.98. The highest BCUT2D eigenvalue weighted by Gasteiger charge is 2.19. The maximum absolute atomic E-state index is 4.91. The summed E-state index contributed by atoms with van der Waals surface area (Å²) in [5, 5.41) is 3.85. The van der Waals surface area contributed by atoms with Crippen LogP contribution in [0.5, 0.6) is 0 Å². The molecule has 3 aromatic carbocycles. The fourth-order valence-electron chi connectivity index (χ4n) is 4.61. The van der Waals surface area contributed by atoms with E-state index in [-0.39, 0.29) is 0 Å². The standard InChI is InChI=1S/C25H24NP/c27-24-14-13-19-15-20(17-7-2-1-3-8-17)16-23(25(19)26-24)22-12-6-10-18-9-4-5-11-21(18)22/h4-6,9-17H,1-3,7-8,27H2. The molecule has 1 heterocycles. The van der Waals surface area contributed by atoms with Gasteiger partial charge in [-0.1, -0.05) is 77.0 Å². The van der Waals surface area contributed by atoms with Gasteiger partial charge < -0.3 is 0 Å². The topological polar surface area (TPSA) is 12.9 Å². The second-order valence-electron chi connectivity index (χ2n) is 7.74. The zero-order chi connectivity index (χ0) is 18.2. The summed E-state index contributed by atoms with van der Waals surface area (Å²) < 4.78 is 0. The lowest BCUT2D eigenvalue weighted by Gasteiger charge is -2.23. The van der Waals surface area contributed by atoms with Gasteiger partial charge >= 0.3 is 0 Å². The molecule has 134 valence electrons. The van der Waals surface area contributed by atoms with Crippen molar-refractivity contribution in [2.75, 3.05) is 0 Å². The van der Waals surface area contributed by atoms with Crippen molar-refractivity contribution in [3.05, 3.63) is 72.3 Å². The fraction of sp³-hybridized carbons (Fsp3) is 0.240. The number of nitrogens with zero attached hydrogens (tertiary/aromatic N) is 1. The normalized spacial score (nSPS) is 15.4. The Balaban J connectivity index is 1.79. The number of fused-ring (bicyclic) bond motifs is 2. The Hall–Kier alpha value is -2.24. The maximum Gasteiger partial charge on any atom is 0.0788 e. The number of hydrogen-bond acceptors (Lipinski definition) is 1. The number of benzene rings is 3. The van der Waals surface area contributed by atoms with E-state index in [1.807, 2.05) is 0 Å². The van der Waals surface area contributed by atoms with Crippen LogP contribution in [0.1, 0.15) is 43.6 Å². The molecule has 27 heavy (non-hydrogen) atoms. The third-order valence-corrected chi connectivity index (χ3v) is 6.31. The van der Waals surface area contributed by atoms with E-state index >= 15 is 0 Å². The van der Waals surface area contributed by atoms with Crippen LogP contribution in [-0.2, 0) is 0 Å². The molecule has 1 fully saturated rings. The Morgan fingerprint density at radius 2 is 1.56 bits per heavy atom. The summed E-state index contributed by atoms with van der Waals surface area (Å²) in [4.78, 5) is 4.91. The molecule has 0 radical (unpaired) electrons. The van der Waals surface area contributed by atoms with Gasteiger partial charge in [0.2, 0.25) is 0 Å². The predicted octanol–water partition coefficient (Wildman–Crippen LogP) is 6.60. The molecule has 5 rings (SSSR count). The molecule has 2 heteroatoms. The molecule has 1 saturated carbocycles. The van der Waals surface area contributed by atoms with Crippen LogP contribution in [0.3, 0.4) is 0 Å². The minimum absolute atomic E-state index is 0.688. The summed E-state index contributed by atoms with van der Waals surface area (Å²) >= 11 is 0. The van der Waals surface area contributed by atoms with Crippen LogP contribution in [0.4, 0.5) is 0 Å². The first-order chi connectivity index (χ1) is 13.3. The van der Waals surface area contributed by atoms with Crippen LogP contribution in [0.2, 0.25) is 0 Å². The van der Waals surface area contributed by atoms with Crippen molar-refractivity contribution in [3.63, 3.8) is 0 Å². The van der Waals surface area contributed by atoms with Crippen LogP contribution < -0.4 is 5.44 Å². The lowest BCUT2D eigenvalue weighted by Crippen LogP contribution is -2.06. The number of hydrogen-bond donors (Lipinski definition) is 0. The summed E-state index contributed by atoms with van der Waals surface area (Å²) in [6, 6.07) is 24.4. The molecule has 1 aromatic heterocycles. The second-order valence-corrected chi connectivity index (χ2v) is 8.33. The van der Waals surface area contributed by atoms with E-state index in [4.69, 9.17) is 4.98 Å². The average molecular weight is 369 g/mol. The first-order valence-corrected chi connectivity index (χ1v) is 10.6. The Morgan fingerprint density at radius 3 is 2.44 bits per heavy atom. The summed E-state index contributed by atoms with van der Waals surface area (Å²) in [7, 11) is 2.75. The third kappa shape index (κ3) is 3.15. The van der Waals surface area contributed by atoms with Crippen molar-refractivity contribution < 1.29 is 0 Å². The Bertz CT molecular complexity index is 1120. The molecule has 4 aromatic rings. The first kappa shape index (κ1) is 16.9. The highest BCUT2D eigenvalue weighted by Crippen LogP contribution is 2.39. The zero-order valence-electron chi connectivity index (χ0n) is 15.5. The van der Waals surface area contributed by atoms with Crippen molar-refractivity contribution in [1.82, 2.24) is 4.98 Å². The smallest absolute Gasteiger partial charge is 0.0788 e. The minimum atomic E-state index is 0.688. The van der Waals surface area contributed by atoms with Crippen LogP contribution >= 0.6 is 9.24 Å². The molecule has 0 bridgehead atoms. The number of pyridine rings is 1. The van der Waals surface area contributed by atoms with Gasteiger partial charge in [0.25, 0.3) is 0 Å². The van der Waals surface area contributed by atoms with Gasteiger partial charge in [0.15, 0.2) is 0 Å². The van der Waals surface area contributed by atoms with Crippen LogP contribution in [0.15, 0.2) is 66.7 Å². The highest BCUT2D eigenvalue weighted by molar-refractivity contribution is 7.26. The van der Waals surface area contributed by atoms with Gasteiger partial charge in [-0.15, -0.1) is 0 Å². The molecular weight excluding hydrogens is 345 g/mol. The molecule has 0 aliphatic heterocycles. The molecule has 1 aliphatic rings. The monoisotopic (exact) mass is 369 g/mol. The summed E-state index contributed by atoms with van der Waals surface area (Å²) in [6.07, 6.45) is 6.73. The summed E-state index contributed by atoms with van der Waals surface area (Å²) in [5.74, 6) is 0.688. The Morgan fingerprint density at radius 1 is 0.741 bits per heavy atom. The molecule has 0 saturated heterocycles. The molecule has 1 unspecified atom stereocenters. The van der Waals surface area contributed by atoms with E-state index in [0.717, 1.165) is 11.0 Å². The van der Waals surface area contributed by atoms with Crippen molar-refractivity contribution in [1.29, 1.82) is 0 Å². The van der Waals surface area contributed by atoms with E-state index in [1.165, 1.54) is 65.0 Å². The van der Waals surface area contributed by atoms with Gasteiger partial charge in [-0.3, -0.25) is 0 Å². The van der Waals surface area contributed by atoms with E-state index in [1.54, 1.807) is 0 Å². The second kappa shape index (κ2) is 7.06. The summed E-state index contributed by atoms with van der Waals surface area (Å²) in [5.41, 5.74) is 6.16. The molecule has 0 spiro atoms. The van der Waals surface area contributed by atoms with Gasteiger partial charge in [0.05, 0.1) is 11.0 Å². The van der Waals surface area contributed by atoms with E-state index < -0.39 is 0 Å². The van der Waals surface area contributed by atoms with Gasteiger partial charge in [-0.25, -0.2) is 4.98 Å². The lowest BCUT2D eigenvalue weighted by molar-refractivity contribution is 0.444. The van der Waals surface area contributed by atoms with E-state index in [0.29, 0.717) is 5.92 Å². The fourth-order valence-corrected chi connectivity index (χ4v) is 4.84. The van der Waals surface area contributed by atoms with Gasteiger partial charge in [0.1, 0.15) is 0 Å². The van der Waals surface area contributed by atoms with Crippen molar-refractivity contribution in [2.45, 2.75) is 38.0 Å². The van der Waals surface area contributed by atoms with Crippen LogP contribution in [0.25, 0.3) is 32.8 Å². The average Bonchev–Trinajstić information content (AvgIpc) is 2.73. The summed E-state index contributed by atoms with van der Waals surface area (Å²) in [6.45, 7) is 0. The molecule has 0 amide bonds. The largest absolute Gasteiger partial charge is 0.248 e. The van der Waals surface area contributed by atoms with Crippen LogP contribution in [0, 0.1) is 0 Å². The Labute approximate surface area is 163 Å². The van der Waals surface area contributed by atoms with Gasteiger partial charge in [-0.2, -0.15) is 0 Å². The van der Waals surface area contributed by atoms with Crippen LogP contribution in [-0.4, -0.2) is 4.98 Å². The Kier molecular flexibility index (Phi) is 4.42. The van der Waals surface area contributed by atoms with E-state index in [9.17, 15) is 0 Å². The minimum Gasteiger partial charge on any atom is -0.248 e. The molecular formula is C25H24NP. The predicted molar refractivity (Wildman–Crippen MR) is 120 cm³/mol. The van der Waals surface area contributed by atoms with E-state index in [2.05, 4.69) is 76.0 Å². The third-order valence-electron chi connectivity index (χ3n) is 5.99. The zero-order valence-corrected chi connectivity index (χ0v) is 16.6. The number of aromatic nitrogens is 1. The molecule has 1 atom stereocenters. The van der Waals surface area contributed by atoms with Gasteiger partial charge in [-0.05, 0) is 58.9 Å². The lowest BCUT2D eigenvalue weighted by atomic mass is 9.82. The maximum atomic E-state index is 4.91. The highest BCUT2D eigenvalue weighted by atomic mass is 31.0. The molecule has 0 N–H and O–H groups in total.